The first-order valence-corrected chi connectivity index (χ1v) is 6.42. The molecule has 0 amide bonds. The molecule has 0 aliphatic rings. The first kappa shape index (κ1) is 13.7. The summed E-state index contributed by atoms with van der Waals surface area (Å²) in [6, 6.07) is 6.35. The van der Waals surface area contributed by atoms with Gasteiger partial charge in [-0.05, 0) is 37.7 Å². The lowest BCUT2D eigenvalue weighted by atomic mass is 10.00. The quantitative estimate of drug-likeness (QED) is 0.901. The molecular formula is C14H18FN3O. The molecule has 1 aromatic carbocycles. The molecule has 0 bridgehead atoms. The van der Waals surface area contributed by atoms with Crippen LogP contribution in [0, 0.1) is 5.82 Å². The molecule has 0 radical (unpaired) electrons. The van der Waals surface area contributed by atoms with Crippen LogP contribution >= 0.6 is 0 Å². The van der Waals surface area contributed by atoms with Crippen LogP contribution in [0.1, 0.15) is 32.1 Å². The van der Waals surface area contributed by atoms with Crippen molar-refractivity contribution in [2.45, 2.75) is 32.2 Å². The van der Waals surface area contributed by atoms with Crippen molar-refractivity contribution in [3.05, 3.63) is 36.0 Å². The van der Waals surface area contributed by atoms with Crippen LogP contribution in [0.25, 0.3) is 11.4 Å². The molecule has 0 fully saturated rings. The summed E-state index contributed by atoms with van der Waals surface area (Å²) in [5.74, 6) is 0.951. The van der Waals surface area contributed by atoms with Gasteiger partial charge in [0.25, 0.3) is 0 Å². The van der Waals surface area contributed by atoms with Crippen LogP contribution in [0.5, 0.6) is 0 Å². The molecule has 19 heavy (non-hydrogen) atoms. The average molecular weight is 263 g/mol. The van der Waals surface area contributed by atoms with Gasteiger partial charge in [-0.2, -0.15) is 4.98 Å². The van der Waals surface area contributed by atoms with Gasteiger partial charge < -0.3 is 9.84 Å². The smallest absolute Gasteiger partial charge is 0.231 e. The second-order valence-electron chi connectivity index (χ2n) is 4.56. The lowest BCUT2D eigenvalue weighted by Crippen LogP contribution is -2.30. The first-order chi connectivity index (χ1) is 9.15. The number of nitrogens with zero attached hydrogens (tertiary/aromatic N) is 2. The van der Waals surface area contributed by atoms with E-state index in [1.165, 1.54) is 12.1 Å². The Balaban J connectivity index is 2.21. The molecule has 1 heterocycles. The van der Waals surface area contributed by atoms with Crippen molar-refractivity contribution in [3.8, 4) is 11.4 Å². The van der Waals surface area contributed by atoms with Crippen molar-refractivity contribution in [2.75, 3.05) is 7.05 Å². The van der Waals surface area contributed by atoms with E-state index in [1.807, 2.05) is 14.0 Å². The summed E-state index contributed by atoms with van der Waals surface area (Å²) in [4.78, 5) is 4.39. The van der Waals surface area contributed by atoms with Gasteiger partial charge in [-0.25, -0.2) is 4.39 Å². The lowest BCUT2D eigenvalue weighted by Gasteiger charge is -2.18. The highest BCUT2D eigenvalue weighted by Gasteiger charge is 2.21. The molecule has 2 atom stereocenters. The highest BCUT2D eigenvalue weighted by molar-refractivity contribution is 5.53. The van der Waals surface area contributed by atoms with Crippen molar-refractivity contribution >= 4 is 0 Å². The Bertz CT molecular complexity index is 520. The standard InChI is InChI=1S/C14H18FN3O/c1-4-12(16-3)9(2)14-17-13(18-19-14)10-5-7-11(15)8-6-10/h5-9,12,16H,4H2,1-3H3. The monoisotopic (exact) mass is 263 g/mol. The predicted octanol–water partition coefficient (Wildman–Crippen LogP) is 2.98. The van der Waals surface area contributed by atoms with Crippen LogP contribution in [0.2, 0.25) is 0 Å². The zero-order chi connectivity index (χ0) is 13.8. The number of rotatable bonds is 5. The molecule has 4 nitrogen and oxygen atoms in total. The van der Waals surface area contributed by atoms with Crippen molar-refractivity contribution in [2.24, 2.45) is 0 Å². The van der Waals surface area contributed by atoms with Crippen molar-refractivity contribution < 1.29 is 8.91 Å². The third-order valence-corrected chi connectivity index (χ3v) is 3.35. The fraction of sp³-hybridized carbons (Fsp3) is 0.429. The molecule has 0 spiro atoms. The fourth-order valence-corrected chi connectivity index (χ4v) is 2.12. The van der Waals surface area contributed by atoms with Gasteiger partial charge in [-0.3, -0.25) is 0 Å². The van der Waals surface area contributed by atoms with Crippen LogP contribution < -0.4 is 5.32 Å². The van der Waals surface area contributed by atoms with Crippen molar-refractivity contribution in [3.63, 3.8) is 0 Å². The van der Waals surface area contributed by atoms with Gasteiger partial charge in [0.2, 0.25) is 11.7 Å². The fourth-order valence-electron chi connectivity index (χ4n) is 2.12. The van der Waals surface area contributed by atoms with Crippen LogP contribution in [0.3, 0.4) is 0 Å². The molecule has 5 heteroatoms. The van der Waals surface area contributed by atoms with E-state index in [0.29, 0.717) is 17.8 Å². The SMILES string of the molecule is CCC(NC)C(C)c1nc(-c2ccc(F)cc2)no1. The van der Waals surface area contributed by atoms with E-state index in [4.69, 9.17) is 4.52 Å². The minimum atomic E-state index is -0.276. The third kappa shape index (κ3) is 2.98. The topological polar surface area (TPSA) is 51.0 Å². The van der Waals surface area contributed by atoms with Gasteiger partial charge in [0.15, 0.2) is 0 Å². The van der Waals surface area contributed by atoms with Gasteiger partial charge in [0, 0.05) is 11.6 Å². The predicted molar refractivity (Wildman–Crippen MR) is 71.2 cm³/mol. The number of likely N-dealkylation sites (N-methyl/N-ethyl adjacent to an activating group) is 1. The second-order valence-corrected chi connectivity index (χ2v) is 4.56. The summed E-state index contributed by atoms with van der Waals surface area (Å²) in [7, 11) is 1.92. The number of aromatic nitrogens is 2. The molecule has 0 aliphatic carbocycles. The van der Waals surface area contributed by atoms with E-state index < -0.39 is 0 Å². The van der Waals surface area contributed by atoms with Crippen LogP contribution in [-0.4, -0.2) is 23.2 Å². The number of halogens is 1. The minimum Gasteiger partial charge on any atom is -0.339 e. The van der Waals surface area contributed by atoms with Gasteiger partial charge in [0.05, 0.1) is 5.92 Å². The van der Waals surface area contributed by atoms with E-state index in [-0.39, 0.29) is 11.7 Å². The Labute approximate surface area is 112 Å². The molecule has 0 saturated carbocycles. The molecule has 1 N–H and O–H groups in total. The Morgan fingerprint density at radius 3 is 2.58 bits per heavy atom. The number of hydrogen-bond donors (Lipinski definition) is 1. The highest BCUT2D eigenvalue weighted by atomic mass is 19.1. The normalized spacial score (nSPS) is 14.3. The summed E-state index contributed by atoms with van der Waals surface area (Å²) in [5.41, 5.74) is 0.751. The molecule has 2 unspecified atom stereocenters. The Morgan fingerprint density at radius 1 is 1.32 bits per heavy atom. The number of hydrogen-bond acceptors (Lipinski definition) is 4. The van der Waals surface area contributed by atoms with Gasteiger partial charge in [0.1, 0.15) is 5.82 Å². The molecule has 2 aromatic rings. The van der Waals surface area contributed by atoms with Crippen LogP contribution in [-0.2, 0) is 0 Å². The Hall–Kier alpha value is -1.75. The molecule has 102 valence electrons. The van der Waals surface area contributed by atoms with Crippen LogP contribution in [0.15, 0.2) is 28.8 Å². The molecular weight excluding hydrogens is 245 g/mol. The van der Waals surface area contributed by atoms with E-state index in [1.54, 1.807) is 12.1 Å². The zero-order valence-corrected chi connectivity index (χ0v) is 11.4. The van der Waals surface area contributed by atoms with Gasteiger partial charge in [-0.1, -0.05) is 19.0 Å². The highest BCUT2D eigenvalue weighted by Crippen LogP contribution is 2.23. The van der Waals surface area contributed by atoms with Gasteiger partial charge >= 0.3 is 0 Å². The summed E-state index contributed by atoms with van der Waals surface area (Å²) in [6.45, 7) is 4.15. The minimum absolute atomic E-state index is 0.136. The number of benzene rings is 1. The van der Waals surface area contributed by atoms with Gasteiger partial charge in [-0.15, -0.1) is 0 Å². The Morgan fingerprint density at radius 2 is 2.00 bits per heavy atom. The lowest BCUT2D eigenvalue weighted by molar-refractivity contribution is 0.326. The second kappa shape index (κ2) is 5.93. The molecule has 0 aliphatic heterocycles. The number of nitrogens with one attached hydrogen (secondary N) is 1. The summed E-state index contributed by atoms with van der Waals surface area (Å²) in [6.07, 6.45) is 0.978. The molecule has 1 aromatic heterocycles. The summed E-state index contributed by atoms with van der Waals surface area (Å²) >= 11 is 0. The maximum absolute atomic E-state index is 12.9. The average Bonchev–Trinajstić information content (AvgIpc) is 2.90. The Kier molecular flexibility index (Phi) is 4.27. The first-order valence-electron chi connectivity index (χ1n) is 6.42. The van der Waals surface area contributed by atoms with E-state index in [0.717, 1.165) is 12.0 Å². The maximum atomic E-state index is 12.9. The third-order valence-electron chi connectivity index (χ3n) is 3.35. The van der Waals surface area contributed by atoms with E-state index in [9.17, 15) is 4.39 Å². The van der Waals surface area contributed by atoms with E-state index in [2.05, 4.69) is 22.4 Å². The molecule has 2 rings (SSSR count). The summed E-state index contributed by atoms with van der Waals surface area (Å²) < 4.78 is 18.2. The van der Waals surface area contributed by atoms with Crippen molar-refractivity contribution in [1.82, 2.24) is 15.5 Å². The summed E-state index contributed by atoms with van der Waals surface area (Å²) in [5, 5.41) is 7.18. The van der Waals surface area contributed by atoms with Crippen molar-refractivity contribution in [1.29, 1.82) is 0 Å². The molecule has 0 saturated heterocycles. The van der Waals surface area contributed by atoms with E-state index >= 15 is 0 Å². The zero-order valence-electron chi connectivity index (χ0n) is 11.4. The maximum Gasteiger partial charge on any atom is 0.231 e. The largest absolute Gasteiger partial charge is 0.339 e. The van der Waals surface area contributed by atoms with Crippen LogP contribution in [0.4, 0.5) is 4.39 Å².